The molecule has 0 bridgehead atoms. The molecule has 3 aromatic rings. The molecule has 1 aromatic heterocycles. The molecule has 1 heterocycles. The van der Waals surface area contributed by atoms with Crippen LogP contribution in [-0.4, -0.2) is 32.2 Å². The number of fused-ring (bicyclic) bond motifs is 1. The van der Waals surface area contributed by atoms with E-state index in [4.69, 9.17) is 0 Å². The van der Waals surface area contributed by atoms with Crippen LogP contribution in [-0.2, 0) is 23.1 Å². The van der Waals surface area contributed by atoms with Gasteiger partial charge in [-0.05, 0) is 23.6 Å². The minimum absolute atomic E-state index is 0.0601. The molecule has 0 saturated heterocycles. The predicted molar refractivity (Wildman–Crippen MR) is 117 cm³/mol. The average Bonchev–Trinajstić information content (AvgIpc) is 2.75. The minimum atomic E-state index is -1.21. The maximum absolute atomic E-state index is 13.2. The first-order valence-corrected chi connectivity index (χ1v) is 9.99. The molecule has 8 heteroatoms. The summed E-state index contributed by atoms with van der Waals surface area (Å²) in [6.45, 7) is 3.35. The molecule has 0 aliphatic carbocycles. The van der Waals surface area contributed by atoms with Crippen LogP contribution in [0.5, 0.6) is 0 Å². The number of hydrogen-bond donors (Lipinski definition) is 2. The van der Waals surface area contributed by atoms with Gasteiger partial charge in [0.25, 0.3) is 5.56 Å². The van der Waals surface area contributed by atoms with Crippen LogP contribution < -0.4 is 16.6 Å². The summed E-state index contributed by atoms with van der Waals surface area (Å²) >= 11 is 0. The lowest BCUT2D eigenvalue weighted by atomic mass is 10.0. The molecule has 3 rings (SSSR count). The summed E-state index contributed by atoms with van der Waals surface area (Å²) in [5.41, 5.74) is -0.0400. The van der Waals surface area contributed by atoms with Gasteiger partial charge in [0, 0.05) is 13.5 Å². The number of benzene rings is 2. The molecule has 2 aromatic carbocycles. The largest absolute Gasteiger partial charge is 0.480 e. The first-order chi connectivity index (χ1) is 14.7. The lowest BCUT2D eigenvalue weighted by Crippen LogP contribution is -2.51. The predicted octanol–water partition coefficient (Wildman–Crippen LogP) is 1.71. The number of nitrogens with zero attached hydrogens (tertiary/aromatic N) is 2. The lowest BCUT2D eigenvalue weighted by Gasteiger charge is -2.24. The van der Waals surface area contributed by atoms with Crippen LogP contribution in [0.15, 0.2) is 64.2 Å². The second-order valence-electron chi connectivity index (χ2n) is 7.81. The molecule has 2 atom stereocenters. The smallest absolute Gasteiger partial charge is 0.331 e. The molecule has 8 nitrogen and oxygen atoms in total. The Hall–Kier alpha value is -3.68. The first kappa shape index (κ1) is 22.0. The Morgan fingerprint density at radius 1 is 1.00 bits per heavy atom. The van der Waals surface area contributed by atoms with E-state index in [2.05, 4.69) is 5.32 Å². The van der Waals surface area contributed by atoms with Gasteiger partial charge in [-0.2, -0.15) is 0 Å². The number of aryl methyl sites for hydroxylation is 1. The van der Waals surface area contributed by atoms with Crippen LogP contribution in [0.3, 0.4) is 0 Å². The van der Waals surface area contributed by atoms with Gasteiger partial charge in [-0.15, -0.1) is 0 Å². The Labute approximate surface area is 178 Å². The van der Waals surface area contributed by atoms with Crippen LogP contribution in [0.2, 0.25) is 0 Å². The third kappa shape index (κ3) is 4.42. The average molecular weight is 423 g/mol. The molecular weight excluding hydrogens is 398 g/mol. The summed E-state index contributed by atoms with van der Waals surface area (Å²) in [6.07, 6.45) is 0.0601. The maximum Gasteiger partial charge on any atom is 0.331 e. The summed E-state index contributed by atoms with van der Waals surface area (Å²) in [5, 5.41) is 12.3. The molecule has 2 N–H and O–H groups in total. The zero-order chi connectivity index (χ0) is 22.7. The van der Waals surface area contributed by atoms with Gasteiger partial charge in [0.05, 0.1) is 10.9 Å². The van der Waals surface area contributed by atoms with Crippen molar-refractivity contribution in [1.29, 1.82) is 0 Å². The number of nitrogens with one attached hydrogen (secondary N) is 1. The van der Waals surface area contributed by atoms with Gasteiger partial charge < -0.3 is 10.4 Å². The molecule has 0 aliphatic heterocycles. The number of carboxylic acid groups (broad SMARTS) is 1. The Bertz CT molecular complexity index is 1230. The van der Waals surface area contributed by atoms with Crippen LogP contribution in [0, 0.1) is 5.92 Å². The van der Waals surface area contributed by atoms with Crippen LogP contribution in [0.1, 0.15) is 25.5 Å². The second-order valence-corrected chi connectivity index (χ2v) is 7.81. The van der Waals surface area contributed by atoms with E-state index in [0.717, 1.165) is 10.1 Å². The molecule has 1 amide bonds. The molecule has 0 fully saturated rings. The van der Waals surface area contributed by atoms with Crippen molar-refractivity contribution in [2.75, 3.05) is 0 Å². The number of rotatable bonds is 7. The Balaban J connectivity index is 2.17. The van der Waals surface area contributed by atoms with Crippen molar-refractivity contribution in [3.63, 3.8) is 0 Å². The van der Waals surface area contributed by atoms with Crippen LogP contribution in [0.25, 0.3) is 10.9 Å². The fourth-order valence-electron chi connectivity index (χ4n) is 3.60. The van der Waals surface area contributed by atoms with Crippen LogP contribution in [0.4, 0.5) is 0 Å². The van der Waals surface area contributed by atoms with E-state index >= 15 is 0 Å². The number of carboxylic acids is 1. The highest BCUT2D eigenvalue weighted by Crippen LogP contribution is 2.15. The molecule has 0 saturated carbocycles. The van der Waals surface area contributed by atoms with Gasteiger partial charge in [0.15, 0.2) is 0 Å². The second kappa shape index (κ2) is 8.99. The molecule has 2 unspecified atom stereocenters. The number of carbonyl (C=O) groups excluding carboxylic acids is 1. The molecular formula is C23H25N3O5. The summed E-state index contributed by atoms with van der Waals surface area (Å²) in [7, 11) is 1.53. The summed E-state index contributed by atoms with van der Waals surface area (Å²) in [4.78, 5) is 51.2. The number of carbonyl (C=O) groups is 2. The molecule has 0 aliphatic rings. The van der Waals surface area contributed by atoms with Crippen LogP contribution >= 0.6 is 0 Å². The van der Waals surface area contributed by atoms with Crippen molar-refractivity contribution in [2.24, 2.45) is 13.0 Å². The van der Waals surface area contributed by atoms with E-state index in [-0.39, 0.29) is 12.3 Å². The SMILES string of the molecule is CC(C)C(NC(=O)C(Cc1ccccc1)n1c(=O)c2ccccc2n(C)c1=O)C(=O)O. The molecule has 0 spiro atoms. The van der Waals surface area contributed by atoms with E-state index in [1.54, 1.807) is 62.4 Å². The molecule has 31 heavy (non-hydrogen) atoms. The van der Waals surface area contributed by atoms with E-state index in [1.165, 1.54) is 11.6 Å². The normalized spacial score (nSPS) is 13.2. The summed E-state index contributed by atoms with van der Waals surface area (Å²) in [5.74, 6) is -2.25. The van der Waals surface area contributed by atoms with Crippen molar-refractivity contribution < 1.29 is 14.7 Å². The third-order valence-electron chi connectivity index (χ3n) is 5.32. The van der Waals surface area contributed by atoms with Gasteiger partial charge in [0.2, 0.25) is 5.91 Å². The summed E-state index contributed by atoms with van der Waals surface area (Å²) in [6, 6.07) is 13.3. The number of aliphatic carboxylic acids is 1. The Kier molecular flexibility index (Phi) is 6.39. The monoisotopic (exact) mass is 423 g/mol. The number of hydrogen-bond acceptors (Lipinski definition) is 4. The zero-order valence-corrected chi connectivity index (χ0v) is 17.6. The number of amides is 1. The van der Waals surface area contributed by atoms with Gasteiger partial charge in [-0.1, -0.05) is 56.3 Å². The number of para-hydroxylation sites is 1. The maximum atomic E-state index is 13.2. The van der Waals surface area contributed by atoms with E-state index in [9.17, 15) is 24.3 Å². The van der Waals surface area contributed by atoms with Crippen molar-refractivity contribution in [1.82, 2.24) is 14.5 Å². The van der Waals surface area contributed by atoms with Gasteiger partial charge in [0.1, 0.15) is 12.1 Å². The van der Waals surface area contributed by atoms with Crippen molar-refractivity contribution in [2.45, 2.75) is 32.4 Å². The lowest BCUT2D eigenvalue weighted by molar-refractivity contribution is -0.143. The number of aromatic nitrogens is 2. The fourth-order valence-corrected chi connectivity index (χ4v) is 3.60. The topological polar surface area (TPSA) is 110 Å². The first-order valence-electron chi connectivity index (χ1n) is 9.99. The third-order valence-corrected chi connectivity index (χ3v) is 5.32. The van der Waals surface area contributed by atoms with E-state index in [0.29, 0.717) is 10.9 Å². The van der Waals surface area contributed by atoms with Crippen molar-refractivity contribution in [3.8, 4) is 0 Å². The van der Waals surface area contributed by atoms with E-state index < -0.39 is 35.2 Å². The Morgan fingerprint density at radius 3 is 2.23 bits per heavy atom. The zero-order valence-electron chi connectivity index (χ0n) is 17.6. The van der Waals surface area contributed by atoms with Gasteiger partial charge in [-0.3, -0.25) is 14.2 Å². The molecule has 0 radical (unpaired) electrons. The van der Waals surface area contributed by atoms with Crippen molar-refractivity contribution >= 4 is 22.8 Å². The van der Waals surface area contributed by atoms with Crippen molar-refractivity contribution in [3.05, 3.63) is 81.0 Å². The van der Waals surface area contributed by atoms with E-state index in [1.807, 2.05) is 6.07 Å². The highest BCUT2D eigenvalue weighted by molar-refractivity contribution is 5.87. The quantitative estimate of drug-likeness (QED) is 0.601. The minimum Gasteiger partial charge on any atom is -0.480 e. The highest BCUT2D eigenvalue weighted by Gasteiger charge is 2.31. The Morgan fingerprint density at radius 2 is 1.61 bits per heavy atom. The van der Waals surface area contributed by atoms with Gasteiger partial charge >= 0.3 is 11.7 Å². The summed E-state index contributed by atoms with van der Waals surface area (Å²) < 4.78 is 2.24. The standard InChI is InChI=1S/C23H25N3O5/c1-14(2)19(22(29)30)24-20(27)18(13-15-9-5-4-6-10-15)26-21(28)16-11-7-8-12-17(16)25(3)23(26)31/h4-12,14,18-19H,13H2,1-3H3,(H,24,27)(H,29,30). The fraction of sp³-hybridized carbons (Fsp3) is 0.304. The highest BCUT2D eigenvalue weighted by atomic mass is 16.4. The van der Waals surface area contributed by atoms with Gasteiger partial charge in [-0.25, -0.2) is 14.2 Å². The molecule has 162 valence electrons.